The Morgan fingerprint density at radius 3 is 2.71 bits per heavy atom. The second-order valence-electron chi connectivity index (χ2n) is 7.02. The number of hydrogen-bond acceptors (Lipinski definition) is 7. The fourth-order valence-electron chi connectivity index (χ4n) is 3.27. The smallest absolute Gasteiger partial charge is 0.506 e. The van der Waals surface area contributed by atoms with Gasteiger partial charge in [0, 0.05) is 17.7 Å². The summed E-state index contributed by atoms with van der Waals surface area (Å²) in [5.74, 6) is -0.927. The molecule has 2 aromatic carbocycles. The maximum Gasteiger partial charge on any atom is 0.573 e. The van der Waals surface area contributed by atoms with E-state index in [9.17, 15) is 23.1 Å². The van der Waals surface area contributed by atoms with Crippen molar-refractivity contribution >= 4 is 39.9 Å². The molecule has 1 atom stereocenters. The highest BCUT2D eigenvalue weighted by Gasteiger charge is 2.31. The summed E-state index contributed by atoms with van der Waals surface area (Å²) in [5, 5.41) is 10.5. The third kappa shape index (κ3) is 4.75. The van der Waals surface area contributed by atoms with Crippen LogP contribution in [0.1, 0.15) is 28.3 Å². The molecule has 0 aliphatic rings. The van der Waals surface area contributed by atoms with Crippen molar-refractivity contribution < 1.29 is 37.3 Å². The summed E-state index contributed by atoms with van der Waals surface area (Å²) in [7, 11) is 1.23. The van der Waals surface area contributed by atoms with Gasteiger partial charge in [-0.25, -0.2) is 9.78 Å². The molecule has 4 aromatic rings. The number of phenolic OH excluding ortho intramolecular Hbond substituents is 1. The van der Waals surface area contributed by atoms with E-state index in [1.165, 1.54) is 31.6 Å². The zero-order valence-electron chi connectivity index (χ0n) is 17.6. The van der Waals surface area contributed by atoms with Crippen molar-refractivity contribution in [2.45, 2.75) is 19.4 Å². The minimum atomic E-state index is -4.82. The van der Waals surface area contributed by atoms with E-state index in [4.69, 9.17) is 21.1 Å². The molecule has 0 saturated heterocycles. The van der Waals surface area contributed by atoms with Crippen molar-refractivity contribution in [1.29, 1.82) is 0 Å². The first-order valence-corrected chi connectivity index (χ1v) is 10.9. The van der Waals surface area contributed by atoms with E-state index in [1.54, 1.807) is 29.7 Å². The number of aromatic nitrogens is 2. The third-order valence-electron chi connectivity index (χ3n) is 4.80. The number of benzene rings is 2. The lowest BCUT2D eigenvalue weighted by atomic mass is 10.1. The average Bonchev–Trinajstić information content (AvgIpc) is 3.37. The van der Waals surface area contributed by atoms with Crippen molar-refractivity contribution in [2.24, 2.45) is 0 Å². The van der Waals surface area contributed by atoms with Crippen LogP contribution in [0.25, 0.3) is 16.0 Å². The second-order valence-corrected chi connectivity index (χ2v) is 8.43. The van der Waals surface area contributed by atoms with Crippen LogP contribution in [-0.4, -0.2) is 34.1 Å². The Kier molecular flexibility index (Phi) is 6.32. The fraction of sp³-hybridized carbons (Fsp3) is 0.182. The first-order valence-electron chi connectivity index (χ1n) is 9.66. The summed E-state index contributed by atoms with van der Waals surface area (Å²) in [4.78, 5) is 16.7. The molecule has 0 fully saturated rings. The van der Waals surface area contributed by atoms with Gasteiger partial charge < -0.3 is 19.3 Å². The number of imidazole rings is 1. The van der Waals surface area contributed by atoms with Crippen LogP contribution in [0.15, 0.2) is 48.8 Å². The molecular weight excluding hydrogens is 497 g/mol. The second kappa shape index (κ2) is 9.07. The van der Waals surface area contributed by atoms with E-state index >= 15 is 0 Å². The number of phenols is 1. The van der Waals surface area contributed by atoms with Crippen LogP contribution in [0.2, 0.25) is 5.02 Å². The van der Waals surface area contributed by atoms with Gasteiger partial charge in [-0.1, -0.05) is 23.7 Å². The van der Waals surface area contributed by atoms with Crippen molar-refractivity contribution in [3.63, 3.8) is 0 Å². The Bertz CT molecular complexity index is 1370. The van der Waals surface area contributed by atoms with Gasteiger partial charge in [-0.3, -0.25) is 4.57 Å². The number of alkyl halides is 3. The van der Waals surface area contributed by atoms with Crippen molar-refractivity contribution in [3.05, 3.63) is 64.3 Å². The average molecular weight is 513 g/mol. The molecule has 34 heavy (non-hydrogen) atoms. The molecule has 4 rings (SSSR count). The zero-order chi connectivity index (χ0) is 24.6. The van der Waals surface area contributed by atoms with Gasteiger partial charge in [-0.15, -0.1) is 24.5 Å². The van der Waals surface area contributed by atoms with E-state index in [0.29, 0.717) is 16.1 Å². The van der Waals surface area contributed by atoms with Crippen molar-refractivity contribution in [2.75, 3.05) is 7.11 Å². The summed E-state index contributed by atoms with van der Waals surface area (Å²) in [5.41, 5.74) is 1.26. The lowest BCUT2D eigenvalue weighted by molar-refractivity contribution is -0.274. The number of hydrogen-bond donors (Lipinski definition) is 1. The van der Waals surface area contributed by atoms with Gasteiger partial charge in [-0.05, 0) is 25.1 Å². The molecule has 0 amide bonds. The quantitative estimate of drug-likeness (QED) is 0.306. The number of halogens is 4. The number of esters is 1. The summed E-state index contributed by atoms with van der Waals surface area (Å²) >= 11 is 7.23. The first kappa shape index (κ1) is 23.7. The molecule has 0 bridgehead atoms. The Morgan fingerprint density at radius 1 is 1.24 bits per heavy atom. The van der Waals surface area contributed by atoms with Gasteiger partial charge in [-0.2, -0.15) is 0 Å². The van der Waals surface area contributed by atoms with Gasteiger partial charge in [0.25, 0.3) is 0 Å². The molecule has 178 valence electrons. The number of thiophene rings is 1. The predicted octanol–water partition coefficient (Wildman–Crippen LogP) is 6.27. The molecular formula is C22H16ClF3N2O5S. The maximum absolute atomic E-state index is 12.5. The third-order valence-corrected chi connectivity index (χ3v) is 6.30. The minimum absolute atomic E-state index is 0.104. The van der Waals surface area contributed by atoms with Crippen molar-refractivity contribution in [3.8, 4) is 22.2 Å². The number of fused-ring (bicyclic) bond motifs is 1. The van der Waals surface area contributed by atoms with Gasteiger partial charge in [0.15, 0.2) is 4.88 Å². The molecule has 12 heteroatoms. The molecule has 0 aliphatic heterocycles. The number of rotatable bonds is 6. The summed E-state index contributed by atoms with van der Waals surface area (Å²) in [6, 6.07) is 10.1. The summed E-state index contributed by atoms with van der Waals surface area (Å²) < 4.78 is 53.9. The molecule has 2 aromatic heterocycles. The minimum Gasteiger partial charge on any atom is -0.506 e. The predicted molar refractivity (Wildman–Crippen MR) is 119 cm³/mol. The Balaban J connectivity index is 1.70. The van der Waals surface area contributed by atoms with Crippen LogP contribution in [0, 0.1) is 0 Å². The molecule has 7 nitrogen and oxygen atoms in total. The normalized spacial score (nSPS) is 12.5. The summed E-state index contributed by atoms with van der Waals surface area (Å²) in [6.07, 6.45) is -4.04. The van der Waals surface area contributed by atoms with Crippen LogP contribution < -0.4 is 9.47 Å². The SMILES string of the molecule is COC(=O)c1sc(-n2cnc3cc(OC(F)(F)F)ccc32)cc1OC(C)c1cccc(O)c1Cl. The monoisotopic (exact) mass is 512 g/mol. The van der Waals surface area contributed by atoms with Crippen LogP contribution in [-0.2, 0) is 4.74 Å². The lowest BCUT2D eigenvalue weighted by Crippen LogP contribution is -2.17. The topological polar surface area (TPSA) is 82.8 Å². The Hall–Kier alpha value is -3.44. The molecule has 0 radical (unpaired) electrons. The molecule has 0 saturated carbocycles. The fourth-order valence-corrected chi connectivity index (χ4v) is 4.55. The first-order chi connectivity index (χ1) is 16.1. The van der Waals surface area contributed by atoms with E-state index in [0.717, 1.165) is 17.4 Å². The van der Waals surface area contributed by atoms with E-state index in [-0.39, 0.29) is 26.9 Å². The number of ether oxygens (including phenoxy) is 3. The Morgan fingerprint density at radius 2 is 2.00 bits per heavy atom. The number of nitrogens with zero attached hydrogens (tertiary/aromatic N) is 2. The van der Waals surface area contributed by atoms with Gasteiger partial charge in [0.2, 0.25) is 0 Å². The molecule has 1 unspecified atom stereocenters. The van der Waals surface area contributed by atoms with Crippen LogP contribution >= 0.6 is 22.9 Å². The molecule has 0 spiro atoms. The number of carbonyl (C=O) groups excluding carboxylic acids is 1. The Labute approximate surface area is 199 Å². The van der Waals surface area contributed by atoms with Crippen molar-refractivity contribution in [1.82, 2.24) is 9.55 Å². The molecule has 2 heterocycles. The highest BCUT2D eigenvalue weighted by molar-refractivity contribution is 7.16. The largest absolute Gasteiger partial charge is 0.573 e. The number of methoxy groups -OCH3 is 1. The van der Waals surface area contributed by atoms with Gasteiger partial charge in [0.05, 0.1) is 23.2 Å². The number of carbonyl (C=O) groups is 1. The lowest BCUT2D eigenvalue weighted by Gasteiger charge is -2.16. The highest BCUT2D eigenvalue weighted by atomic mass is 35.5. The van der Waals surface area contributed by atoms with E-state index in [2.05, 4.69) is 9.72 Å². The molecule has 1 N–H and O–H groups in total. The van der Waals surface area contributed by atoms with E-state index in [1.807, 2.05) is 0 Å². The van der Waals surface area contributed by atoms with Gasteiger partial charge >= 0.3 is 12.3 Å². The van der Waals surface area contributed by atoms with Gasteiger partial charge in [0.1, 0.15) is 34.7 Å². The zero-order valence-corrected chi connectivity index (χ0v) is 19.2. The standard InChI is InChI=1S/C22H16ClF3N2O5S/c1-11(13-4-3-5-16(29)19(13)23)32-17-9-18(34-20(17)21(30)31-2)28-10-27-14-8-12(6-7-15(14)28)33-22(24,25)26/h3-11,29H,1-2H3. The number of aromatic hydroxyl groups is 1. The van der Waals surface area contributed by atoms with E-state index < -0.39 is 24.2 Å². The highest BCUT2D eigenvalue weighted by Crippen LogP contribution is 2.39. The van der Waals surface area contributed by atoms with Crippen LogP contribution in [0.5, 0.6) is 17.2 Å². The van der Waals surface area contributed by atoms with Crippen LogP contribution in [0.3, 0.4) is 0 Å². The molecule has 0 aliphatic carbocycles. The van der Waals surface area contributed by atoms with Crippen LogP contribution in [0.4, 0.5) is 13.2 Å². The summed E-state index contributed by atoms with van der Waals surface area (Å²) in [6.45, 7) is 1.70. The maximum atomic E-state index is 12.5.